The van der Waals surface area contributed by atoms with Crippen molar-refractivity contribution in [2.24, 2.45) is 11.7 Å². The van der Waals surface area contributed by atoms with Crippen molar-refractivity contribution in [1.82, 2.24) is 5.32 Å². The van der Waals surface area contributed by atoms with Crippen molar-refractivity contribution in [3.63, 3.8) is 0 Å². The summed E-state index contributed by atoms with van der Waals surface area (Å²) < 4.78 is 6.66. The number of nitrogens with one attached hydrogen (secondary N) is 1. The second-order valence-corrected chi connectivity index (χ2v) is 5.88. The summed E-state index contributed by atoms with van der Waals surface area (Å²) in [6.45, 7) is 2.90. The average Bonchev–Trinajstić information content (AvgIpc) is 3.19. The number of rotatable bonds is 7. The molecular weight excluding hydrogens is 308 g/mol. The first-order valence-electron chi connectivity index (χ1n) is 6.50. The number of halogens is 1. The van der Waals surface area contributed by atoms with Gasteiger partial charge in [0.15, 0.2) is 0 Å². The van der Waals surface area contributed by atoms with Crippen LogP contribution in [0, 0.1) is 5.92 Å². The number of carbonyl (C=O) groups excluding carboxylic acids is 1. The number of carbonyl (C=O) groups is 1. The van der Waals surface area contributed by atoms with Gasteiger partial charge in [0, 0.05) is 17.1 Å². The van der Waals surface area contributed by atoms with Crippen molar-refractivity contribution >= 4 is 21.8 Å². The van der Waals surface area contributed by atoms with Crippen LogP contribution in [0.5, 0.6) is 5.75 Å². The molecule has 19 heavy (non-hydrogen) atoms. The van der Waals surface area contributed by atoms with Gasteiger partial charge in [-0.25, -0.2) is 0 Å². The van der Waals surface area contributed by atoms with Crippen LogP contribution in [-0.2, 0) is 11.3 Å². The van der Waals surface area contributed by atoms with E-state index < -0.39 is 0 Å². The lowest BCUT2D eigenvalue weighted by Crippen LogP contribution is -2.25. The number of amides is 1. The zero-order valence-electron chi connectivity index (χ0n) is 11.0. The number of ether oxygens (including phenoxy) is 1. The molecule has 0 heterocycles. The second kappa shape index (κ2) is 6.39. The zero-order valence-corrected chi connectivity index (χ0v) is 12.6. The highest BCUT2D eigenvalue weighted by Gasteiger charge is 2.20. The van der Waals surface area contributed by atoms with Crippen LogP contribution in [0.3, 0.4) is 0 Å². The molecule has 1 atom stereocenters. The lowest BCUT2D eigenvalue weighted by Gasteiger charge is -2.12. The Morgan fingerprint density at radius 3 is 2.95 bits per heavy atom. The largest absolute Gasteiger partial charge is 0.493 e. The summed E-state index contributed by atoms with van der Waals surface area (Å²) in [5.74, 6) is 0.147. The number of primary amides is 1. The molecule has 1 aromatic carbocycles. The topological polar surface area (TPSA) is 64.3 Å². The molecule has 0 aromatic heterocycles. The van der Waals surface area contributed by atoms with Gasteiger partial charge in [0.2, 0.25) is 5.91 Å². The number of benzene rings is 1. The van der Waals surface area contributed by atoms with Gasteiger partial charge < -0.3 is 15.8 Å². The van der Waals surface area contributed by atoms with E-state index in [0.717, 1.165) is 22.3 Å². The van der Waals surface area contributed by atoms with Gasteiger partial charge in [0.05, 0.1) is 12.5 Å². The third-order valence-electron chi connectivity index (χ3n) is 3.16. The third-order valence-corrected chi connectivity index (χ3v) is 3.94. The number of nitrogens with two attached hydrogens (primary N) is 1. The molecule has 1 amide bonds. The average molecular weight is 327 g/mol. The maximum Gasteiger partial charge on any atom is 0.223 e. The molecule has 3 N–H and O–H groups in total. The quantitative estimate of drug-likeness (QED) is 0.807. The van der Waals surface area contributed by atoms with Crippen LogP contribution >= 0.6 is 15.9 Å². The van der Waals surface area contributed by atoms with Gasteiger partial charge in [0.25, 0.3) is 0 Å². The fraction of sp³-hybridized carbons (Fsp3) is 0.500. The Bertz CT molecular complexity index is 461. The SMILES string of the molecule is CC(COc1ccc(Br)c(CNC2CC2)c1)C(N)=O. The first-order chi connectivity index (χ1) is 9.06. The van der Waals surface area contributed by atoms with Gasteiger partial charge in [-0.3, -0.25) is 4.79 Å². The summed E-state index contributed by atoms with van der Waals surface area (Å²) in [5, 5.41) is 3.46. The molecule has 0 aliphatic heterocycles. The smallest absolute Gasteiger partial charge is 0.223 e. The molecule has 1 aliphatic rings. The summed E-state index contributed by atoms with van der Waals surface area (Å²) in [6, 6.07) is 6.52. The first-order valence-corrected chi connectivity index (χ1v) is 7.29. The second-order valence-electron chi connectivity index (χ2n) is 5.02. The van der Waals surface area contributed by atoms with Crippen LogP contribution in [-0.4, -0.2) is 18.6 Å². The van der Waals surface area contributed by atoms with E-state index in [9.17, 15) is 4.79 Å². The minimum atomic E-state index is -0.340. The molecule has 1 aromatic rings. The summed E-state index contributed by atoms with van der Waals surface area (Å²) in [5.41, 5.74) is 6.37. The summed E-state index contributed by atoms with van der Waals surface area (Å²) in [4.78, 5) is 11.0. The summed E-state index contributed by atoms with van der Waals surface area (Å²) in [7, 11) is 0. The van der Waals surface area contributed by atoms with Crippen molar-refractivity contribution < 1.29 is 9.53 Å². The fourth-order valence-electron chi connectivity index (χ4n) is 1.62. The van der Waals surface area contributed by atoms with Crippen LogP contribution in [0.15, 0.2) is 22.7 Å². The Balaban J connectivity index is 1.92. The van der Waals surface area contributed by atoms with Gasteiger partial charge >= 0.3 is 0 Å². The Kier molecular flexibility index (Phi) is 4.82. The van der Waals surface area contributed by atoms with Crippen LogP contribution in [0.25, 0.3) is 0 Å². The normalized spacial score (nSPS) is 16.1. The third kappa shape index (κ3) is 4.51. The van der Waals surface area contributed by atoms with Crippen molar-refractivity contribution in [3.05, 3.63) is 28.2 Å². The Hall–Kier alpha value is -1.07. The predicted molar refractivity (Wildman–Crippen MR) is 77.9 cm³/mol. The van der Waals surface area contributed by atoms with Crippen LogP contribution in [0.1, 0.15) is 25.3 Å². The molecule has 1 fully saturated rings. The molecule has 4 nitrogen and oxygen atoms in total. The van der Waals surface area contributed by atoms with Crippen molar-refractivity contribution in [3.8, 4) is 5.75 Å². The first kappa shape index (κ1) is 14.3. The predicted octanol–water partition coefficient (Wildman–Crippen LogP) is 2.20. The lowest BCUT2D eigenvalue weighted by atomic mass is 10.2. The van der Waals surface area contributed by atoms with E-state index in [1.165, 1.54) is 12.8 Å². The number of hydrogen-bond donors (Lipinski definition) is 2. The van der Waals surface area contributed by atoms with E-state index >= 15 is 0 Å². The van der Waals surface area contributed by atoms with E-state index in [-0.39, 0.29) is 11.8 Å². The Labute approximate surface area is 121 Å². The molecule has 5 heteroatoms. The van der Waals surface area contributed by atoms with E-state index in [1.807, 2.05) is 18.2 Å². The van der Waals surface area contributed by atoms with E-state index in [2.05, 4.69) is 21.2 Å². The highest BCUT2D eigenvalue weighted by atomic mass is 79.9. The van der Waals surface area contributed by atoms with Crippen molar-refractivity contribution in [2.75, 3.05) is 6.61 Å². The molecule has 0 radical (unpaired) electrons. The molecular formula is C14H19BrN2O2. The van der Waals surface area contributed by atoms with Crippen molar-refractivity contribution in [2.45, 2.75) is 32.4 Å². The van der Waals surface area contributed by atoms with E-state index in [0.29, 0.717) is 12.6 Å². The molecule has 1 saturated carbocycles. The summed E-state index contributed by atoms with van der Waals surface area (Å²) in [6.07, 6.45) is 2.54. The zero-order chi connectivity index (χ0) is 13.8. The van der Waals surface area contributed by atoms with Gasteiger partial charge in [-0.05, 0) is 36.6 Å². The highest BCUT2D eigenvalue weighted by Crippen LogP contribution is 2.25. The van der Waals surface area contributed by atoms with E-state index in [4.69, 9.17) is 10.5 Å². The van der Waals surface area contributed by atoms with Gasteiger partial charge in [-0.2, -0.15) is 0 Å². The van der Waals surface area contributed by atoms with Gasteiger partial charge in [0.1, 0.15) is 5.75 Å². The minimum Gasteiger partial charge on any atom is -0.493 e. The molecule has 0 spiro atoms. The molecule has 1 unspecified atom stereocenters. The van der Waals surface area contributed by atoms with Gasteiger partial charge in [-0.1, -0.05) is 22.9 Å². The highest BCUT2D eigenvalue weighted by molar-refractivity contribution is 9.10. The minimum absolute atomic E-state index is 0.281. The molecule has 0 saturated heterocycles. The lowest BCUT2D eigenvalue weighted by molar-refractivity contribution is -0.122. The Morgan fingerprint density at radius 1 is 1.58 bits per heavy atom. The monoisotopic (exact) mass is 326 g/mol. The summed E-state index contributed by atoms with van der Waals surface area (Å²) >= 11 is 3.53. The number of hydrogen-bond acceptors (Lipinski definition) is 3. The molecule has 2 rings (SSSR count). The maximum absolute atomic E-state index is 11.0. The Morgan fingerprint density at radius 2 is 2.32 bits per heavy atom. The fourth-order valence-corrected chi connectivity index (χ4v) is 2.01. The molecule has 0 bridgehead atoms. The van der Waals surface area contributed by atoms with Crippen LogP contribution < -0.4 is 15.8 Å². The van der Waals surface area contributed by atoms with Crippen molar-refractivity contribution in [1.29, 1.82) is 0 Å². The maximum atomic E-state index is 11.0. The standard InChI is InChI=1S/C14H19BrN2O2/c1-9(14(16)18)8-19-12-4-5-13(15)10(6-12)7-17-11-2-3-11/h4-6,9,11,17H,2-3,7-8H2,1H3,(H2,16,18). The molecule has 104 valence electrons. The van der Waals surface area contributed by atoms with Gasteiger partial charge in [-0.15, -0.1) is 0 Å². The molecule has 1 aliphatic carbocycles. The van der Waals surface area contributed by atoms with Crippen LogP contribution in [0.4, 0.5) is 0 Å². The van der Waals surface area contributed by atoms with E-state index in [1.54, 1.807) is 6.92 Å². The van der Waals surface area contributed by atoms with Crippen LogP contribution in [0.2, 0.25) is 0 Å².